The molecule has 0 radical (unpaired) electrons. The molecule has 2 N–H and O–H groups in total. The molecule has 2 aromatic carbocycles. The van der Waals surface area contributed by atoms with E-state index < -0.39 is 6.04 Å². The van der Waals surface area contributed by atoms with E-state index in [1.165, 1.54) is 4.90 Å². The number of amides is 2. The molecule has 6 rings (SSSR count). The third-order valence-electron chi connectivity index (χ3n) is 7.91. The Labute approximate surface area is 210 Å². The molecule has 4 heterocycles. The first-order chi connectivity index (χ1) is 17.6. The van der Waals surface area contributed by atoms with Gasteiger partial charge in [-0.25, -0.2) is 0 Å². The van der Waals surface area contributed by atoms with Crippen LogP contribution in [0.5, 0.6) is 5.75 Å². The number of piperazine rings is 1. The van der Waals surface area contributed by atoms with Crippen molar-refractivity contribution in [2.75, 3.05) is 53.0 Å². The lowest BCUT2D eigenvalue weighted by atomic mass is 9.86. The van der Waals surface area contributed by atoms with E-state index in [-0.39, 0.29) is 24.4 Å². The minimum absolute atomic E-state index is 0.00422. The first kappa shape index (κ1) is 23.1. The summed E-state index contributed by atoms with van der Waals surface area (Å²) in [7, 11) is 1.64. The lowest BCUT2D eigenvalue weighted by Crippen LogP contribution is -3.14. The molecule has 0 saturated carbocycles. The molecule has 0 spiro atoms. The highest BCUT2D eigenvalue weighted by atomic mass is 16.5. The van der Waals surface area contributed by atoms with Gasteiger partial charge in [-0.05, 0) is 29.3 Å². The fourth-order valence-electron chi connectivity index (χ4n) is 6.10. The van der Waals surface area contributed by atoms with Crippen LogP contribution < -0.4 is 9.64 Å². The number of nitrogens with one attached hydrogen (secondary N) is 2. The molecule has 3 aliphatic heterocycles. The Morgan fingerprint density at radius 2 is 1.94 bits per heavy atom. The van der Waals surface area contributed by atoms with Crippen LogP contribution in [-0.2, 0) is 20.7 Å². The first-order valence-electron chi connectivity index (χ1n) is 12.9. The molecule has 3 aliphatic rings. The average Bonchev–Trinajstić information content (AvgIpc) is 3.29. The van der Waals surface area contributed by atoms with Crippen molar-refractivity contribution in [3.8, 4) is 5.75 Å². The van der Waals surface area contributed by atoms with Crippen LogP contribution in [-0.4, -0.2) is 85.7 Å². The van der Waals surface area contributed by atoms with E-state index in [2.05, 4.69) is 17.1 Å². The van der Waals surface area contributed by atoms with Crippen LogP contribution >= 0.6 is 0 Å². The predicted molar refractivity (Wildman–Crippen MR) is 135 cm³/mol. The molecule has 36 heavy (non-hydrogen) atoms. The van der Waals surface area contributed by atoms with Gasteiger partial charge in [0, 0.05) is 36.0 Å². The Bertz CT molecular complexity index is 1280. The number of fused-ring (bicyclic) bond motifs is 4. The number of ether oxygens (including phenoxy) is 2. The van der Waals surface area contributed by atoms with Gasteiger partial charge in [0.2, 0.25) is 11.8 Å². The molecule has 188 valence electrons. The normalized spacial score (nSPS) is 22.6. The van der Waals surface area contributed by atoms with Crippen molar-refractivity contribution in [2.24, 2.45) is 0 Å². The number of quaternary nitrogens is 1. The lowest BCUT2D eigenvalue weighted by molar-refractivity contribution is -0.908. The molecule has 2 atom stereocenters. The van der Waals surface area contributed by atoms with E-state index in [0.717, 1.165) is 72.7 Å². The van der Waals surface area contributed by atoms with Crippen molar-refractivity contribution in [3.63, 3.8) is 0 Å². The maximum atomic E-state index is 13.8. The second-order valence-corrected chi connectivity index (χ2v) is 9.99. The topological polar surface area (TPSA) is 79.3 Å². The Kier molecular flexibility index (Phi) is 6.15. The molecule has 0 unspecified atom stereocenters. The van der Waals surface area contributed by atoms with Crippen LogP contribution in [0.3, 0.4) is 0 Å². The number of hydrogen-bond donors (Lipinski definition) is 2. The fourth-order valence-corrected chi connectivity index (χ4v) is 6.10. The summed E-state index contributed by atoms with van der Waals surface area (Å²) in [5.41, 5.74) is 4.09. The summed E-state index contributed by atoms with van der Waals surface area (Å²) in [5, 5.41) is 1.12. The zero-order chi connectivity index (χ0) is 24.6. The van der Waals surface area contributed by atoms with Gasteiger partial charge in [0.1, 0.15) is 24.9 Å². The van der Waals surface area contributed by atoms with Crippen molar-refractivity contribution < 1.29 is 24.0 Å². The summed E-state index contributed by atoms with van der Waals surface area (Å²) >= 11 is 0. The minimum atomic E-state index is -0.509. The average molecular weight is 490 g/mol. The van der Waals surface area contributed by atoms with E-state index in [1.807, 2.05) is 41.3 Å². The zero-order valence-electron chi connectivity index (χ0n) is 20.7. The van der Waals surface area contributed by atoms with Gasteiger partial charge in [-0.15, -0.1) is 0 Å². The van der Waals surface area contributed by atoms with Crippen LogP contribution in [0.2, 0.25) is 0 Å². The summed E-state index contributed by atoms with van der Waals surface area (Å²) in [4.78, 5) is 36.2. The van der Waals surface area contributed by atoms with Crippen LogP contribution in [0.15, 0.2) is 48.5 Å². The van der Waals surface area contributed by atoms with E-state index in [4.69, 9.17) is 9.47 Å². The number of aromatic nitrogens is 1. The fraction of sp³-hybridized carbons (Fsp3) is 0.429. The maximum Gasteiger partial charge on any atom is 0.246 e. The standard InChI is InChI=1S/C28H32N4O4/c1-35-20-7-4-6-19(16-20)27-26-22(21-8-2-3-9-23(21)29-26)17-24-28(34)31(18-25(33)32(24)27)11-5-10-30-12-14-36-15-13-30/h2-4,6-9,16,24,27,29H,5,10-15,17-18H2,1H3/p+1/t24-,27-/m0/s1. The second kappa shape index (κ2) is 9.59. The number of para-hydroxylation sites is 1. The van der Waals surface area contributed by atoms with Gasteiger partial charge in [0.25, 0.3) is 0 Å². The number of benzene rings is 2. The third kappa shape index (κ3) is 4.04. The SMILES string of the molecule is COc1cccc([C@H]2c3[nH]c4ccccc4c3C[C@H]3C(=O)N(CCC[NH+]4CCOCC4)CC(=O)N23)c1. The molecular formula is C28H33N4O4+. The maximum absolute atomic E-state index is 13.8. The number of carbonyl (C=O) groups is 2. The number of carbonyl (C=O) groups excluding carboxylic acids is 2. The first-order valence-corrected chi connectivity index (χ1v) is 12.9. The van der Waals surface area contributed by atoms with Gasteiger partial charge in [-0.1, -0.05) is 30.3 Å². The second-order valence-electron chi connectivity index (χ2n) is 9.99. The van der Waals surface area contributed by atoms with Crippen LogP contribution in [0.25, 0.3) is 10.9 Å². The number of methoxy groups -OCH3 is 1. The Balaban J connectivity index is 1.32. The summed E-state index contributed by atoms with van der Waals surface area (Å²) < 4.78 is 10.9. The Morgan fingerprint density at radius 3 is 2.78 bits per heavy atom. The lowest BCUT2D eigenvalue weighted by Gasteiger charge is -2.47. The molecule has 2 fully saturated rings. The Morgan fingerprint density at radius 1 is 1.11 bits per heavy atom. The van der Waals surface area contributed by atoms with Gasteiger partial charge < -0.3 is 29.2 Å². The third-order valence-corrected chi connectivity index (χ3v) is 7.91. The van der Waals surface area contributed by atoms with E-state index >= 15 is 0 Å². The molecular weight excluding hydrogens is 456 g/mol. The van der Waals surface area contributed by atoms with Crippen molar-refractivity contribution >= 4 is 22.7 Å². The summed E-state index contributed by atoms with van der Waals surface area (Å²) in [6, 6.07) is 15.1. The molecule has 2 amide bonds. The highest BCUT2D eigenvalue weighted by Crippen LogP contribution is 2.43. The molecule has 0 bridgehead atoms. The number of aromatic amines is 1. The van der Waals surface area contributed by atoms with E-state index in [1.54, 1.807) is 12.0 Å². The summed E-state index contributed by atoms with van der Waals surface area (Å²) in [5.74, 6) is 0.779. The van der Waals surface area contributed by atoms with Crippen molar-refractivity contribution in [2.45, 2.75) is 24.9 Å². The molecule has 0 aliphatic carbocycles. The summed E-state index contributed by atoms with van der Waals surface area (Å²) in [6.45, 7) is 5.35. The van der Waals surface area contributed by atoms with Gasteiger partial charge in [-0.2, -0.15) is 0 Å². The molecule has 3 aromatic rings. The number of nitrogens with zero attached hydrogens (tertiary/aromatic N) is 2. The van der Waals surface area contributed by atoms with Gasteiger partial charge in [0.15, 0.2) is 0 Å². The van der Waals surface area contributed by atoms with Gasteiger partial charge in [0.05, 0.1) is 39.5 Å². The van der Waals surface area contributed by atoms with E-state index in [0.29, 0.717) is 13.0 Å². The van der Waals surface area contributed by atoms with Gasteiger partial charge >= 0.3 is 0 Å². The van der Waals surface area contributed by atoms with Crippen molar-refractivity contribution in [1.82, 2.24) is 14.8 Å². The number of rotatable bonds is 6. The monoisotopic (exact) mass is 489 g/mol. The molecule has 8 nitrogen and oxygen atoms in total. The van der Waals surface area contributed by atoms with Crippen LogP contribution in [0.1, 0.15) is 29.3 Å². The summed E-state index contributed by atoms with van der Waals surface area (Å²) in [6.07, 6.45) is 1.41. The van der Waals surface area contributed by atoms with E-state index in [9.17, 15) is 9.59 Å². The quantitative estimate of drug-likeness (QED) is 0.545. The largest absolute Gasteiger partial charge is 0.497 e. The zero-order valence-corrected chi connectivity index (χ0v) is 20.7. The highest BCUT2D eigenvalue weighted by molar-refractivity contribution is 5.97. The van der Waals surface area contributed by atoms with Crippen LogP contribution in [0.4, 0.5) is 0 Å². The molecule has 2 saturated heterocycles. The predicted octanol–water partition coefficient (Wildman–Crippen LogP) is 1.17. The number of hydrogen-bond acceptors (Lipinski definition) is 4. The molecule has 1 aromatic heterocycles. The van der Waals surface area contributed by atoms with Gasteiger partial charge in [-0.3, -0.25) is 9.59 Å². The number of morpholine rings is 1. The highest BCUT2D eigenvalue weighted by Gasteiger charge is 2.48. The van der Waals surface area contributed by atoms with Crippen molar-refractivity contribution in [1.29, 1.82) is 0 Å². The Hall–Kier alpha value is -3.36. The van der Waals surface area contributed by atoms with Crippen LogP contribution in [0, 0.1) is 0 Å². The molecule has 8 heteroatoms. The smallest absolute Gasteiger partial charge is 0.246 e. The minimum Gasteiger partial charge on any atom is -0.497 e. The van der Waals surface area contributed by atoms with Crippen molar-refractivity contribution in [3.05, 3.63) is 65.4 Å². The number of H-pyrrole nitrogens is 1.